The van der Waals surface area contributed by atoms with Crippen LogP contribution in [-0.4, -0.2) is 46.3 Å². The number of benzene rings is 3. The van der Waals surface area contributed by atoms with E-state index in [4.69, 9.17) is 37.4 Å². The molecule has 9 nitrogen and oxygen atoms in total. The Kier molecular flexibility index (Phi) is 10.5. The molecule has 13 heteroatoms. The Morgan fingerprint density at radius 2 is 1.90 bits per heavy atom. The van der Waals surface area contributed by atoms with Crippen molar-refractivity contribution in [2.45, 2.75) is 62.3 Å². The van der Waals surface area contributed by atoms with Gasteiger partial charge in [0.2, 0.25) is 5.13 Å². The number of unbranched alkanes of at least 4 members (excludes halogenated alkanes) is 1. The van der Waals surface area contributed by atoms with Crippen molar-refractivity contribution < 1.29 is 28.9 Å². The number of rotatable bonds is 12. The van der Waals surface area contributed by atoms with Crippen molar-refractivity contribution in [3.63, 3.8) is 0 Å². The Morgan fingerprint density at radius 3 is 2.67 bits per heavy atom. The third kappa shape index (κ3) is 7.01. The van der Waals surface area contributed by atoms with Crippen LogP contribution in [0.25, 0.3) is 5.76 Å². The van der Waals surface area contributed by atoms with Gasteiger partial charge in [0.1, 0.15) is 17.6 Å². The van der Waals surface area contributed by atoms with Crippen molar-refractivity contribution in [3.8, 4) is 17.2 Å². The fourth-order valence-electron chi connectivity index (χ4n) is 5.62. The molecule has 0 radical (unpaired) electrons. The molecule has 4 aromatic rings. The van der Waals surface area contributed by atoms with Gasteiger partial charge < -0.3 is 19.3 Å². The van der Waals surface area contributed by atoms with Crippen molar-refractivity contribution in [3.05, 3.63) is 92.5 Å². The van der Waals surface area contributed by atoms with Gasteiger partial charge in [-0.1, -0.05) is 71.8 Å². The van der Waals surface area contributed by atoms with Crippen LogP contribution in [-0.2, 0) is 21.8 Å². The first kappa shape index (κ1) is 34.1. The summed E-state index contributed by atoms with van der Waals surface area (Å²) in [7, 11) is 0. The molecule has 2 atom stereocenters. The maximum atomic E-state index is 13.8. The zero-order chi connectivity index (χ0) is 33.9. The quantitative estimate of drug-likeness (QED) is 0.0383. The number of hydrogen-bond donors (Lipinski definition) is 1. The van der Waals surface area contributed by atoms with Gasteiger partial charge >= 0.3 is 5.91 Å². The summed E-state index contributed by atoms with van der Waals surface area (Å²) >= 11 is 15.0. The van der Waals surface area contributed by atoms with Gasteiger partial charge in [-0.2, -0.15) is 0 Å². The smallest absolute Gasteiger partial charge is 0.301 e. The van der Waals surface area contributed by atoms with Gasteiger partial charge in [-0.25, -0.2) is 0 Å². The molecule has 0 saturated carbocycles. The summed E-state index contributed by atoms with van der Waals surface area (Å²) in [6.45, 7) is 6.80. The summed E-state index contributed by atoms with van der Waals surface area (Å²) < 4.78 is 18.3. The molecular formula is C35H33Cl2N3O6S2. The monoisotopic (exact) mass is 725 g/mol. The van der Waals surface area contributed by atoms with E-state index in [0.717, 1.165) is 29.7 Å². The molecule has 0 bridgehead atoms. The van der Waals surface area contributed by atoms with E-state index in [1.807, 2.05) is 19.9 Å². The van der Waals surface area contributed by atoms with Crippen LogP contribution in [0.2, 0.25) is 10.0 Å². The normalized spacial score (nSPS) is 18.2. The van der Waals surface area contributed by atoms with Crippen LogP contribution in [0, 0.1) is 0 Å². The van der Waals surface area contributed by atoms with E-state index in [-0.39, 0.29) is 22.6 Å². The van der Waals surface area contributed by atoms with E-state index >= 15 is 0 Å². The van der Waals surface area contributed by atoms with Crippen molar-refractivity contribution in [2.24, 2.45) is 0 Å². The number of ether oxygens (including phenoxy) is 3. The summed E-state index contributed by atoms with van der Waals surface area (Å²) in [5, 5.41) is 21.7. The molecule has 48 heavy (non-hydrogen) atoms. The van der Waals surface area contributed by atoms with Gasteiger partial charge in [-0.05, 0) is 79.4 Å². The molecule has 0 unspecified atom stereocenters. The lowest BCUT2D eigenvalue weighted by Crippen LogP contribution is -2.29. The molecular weight excluding hydrogens is 693 g/mol. The minimum Gasteiger partial charge on any atom is -0.507 e. The molecule has 2 aliphatic rings. The molecule has 6 rings (SSSR count). The number of aliphatic hydroxyl groups excluding tert-OH is 1. The highest BCUT2D eigenvalue weighted by Gasteiger charge is 2.48. The molecule has 250 valence electrons. The van der Waals surface area contributed by atoms with Crippen LogP contribution < -0.4 is 19.1 Å². The number of amides is 1. The lowest BCUT2D eigenvalue weighted by molar-refractivity contribution is -0.132. The van der Waals surface area contributed by atoms with Crippen LogP contribution in [0.3, 0.4) is 0 Å². The fraction of sp³-hybridized carbons (Fsp3) is 0.314. The predicted molar refractivity (Wildman–Crippen MR) is 189 cm³/mol. The largest absolute Gasteiger partial charge is 0.507 e. The zero-order valence-electron chi connectivity index (χ0n) is 26.5. The van der Waals surface area contributed by atoms with E-state index in [1.54, 1.807) is 48.5 Å². The molecule has 2 aliphatic heterocycles. The molecule has 3 aromatic carbocycles. The molecule has 1 amide bonds. The van der Waals surface area contributed by atoms with Crippen molar-refractivity contribution in [1.29, 1.82) is 0 Å². The number of carbonyl (C=O) groups is 2. The standard InChI is InChI=1S/C35H33Cl2N3O6S2/c1-4-6-13-45-27-12-8-20(16-28(27)44-5-2)30-29(31(41)21-9-11-26-23(15-21)14-19(3)46-26)32(42)33(43)40(30)34-38-39-35(48-34)47-18-22-7-10-24(36)17-25(22)37/h7-12,15-17,19,30,41H,4-6,13-14,18H2,1-3H3/b31-29+/t19-,30+/m1/s1. The first-order chi connectivity index (χ1) is 23.2. The van der Waals surface area contributed by atoms with Gasteiger partial charge in [0.25, 0.3) is 5.78 Å². The molecule has 1 N–H and O–H groups in total. The van der Waals surface area contributed by atoms with Gasteiger partial charge in [0.05, 0.1) is 24.8 Å². The molecule has 0 aliphatic carbocycles. The van der Waals surface area contributed by atoms with E-state index < -0.39 is 17.7 Å². The van der Waals surface area contributed by atoms with Crippen molar-refractivity contribution in [2.75, 3.05) is 18.1 Å². The summed E-state index contributed by atoms with van der Waals surface area (Å²) in [5.74, 6) is 0.291. The van der Waals surface area contributed by atoms with Crippen LogP contribution in [0.1, 0.15) is 61.9 Å². The molecule has 1 fully saturated rings. The first-order valence-electron chi connectivity index (χ1n) is 15.6. The number of Topliss-reactive ketones (excluding diaryl/α,β-unsaturated/α-hetero) is 1. The van der Waals surface area contributed by atoms with Gasteiger partial charge in [0.15, 0.2) is 15.8 Å². The highest BCUT2D eigenvalue weighted by atomic mass is 35.5. The Labute approximate surface area is 296 Å². The number of ketones is 1. The number of fused-ring (bicyclic) bond motifs is 1. The molecule has 1 saturated heterocycles. The summed E-state index contributed by atoms with van der Waals surface area (Å²) in [6.07, 6.45) is 2.51. The number of carbonyl (C=O) groups excluding carboxylic acids is 2. The van der Waals surface area contributed by atoms with Crippen LogP contribution in [0.15, 0.2) is 64.5 Å². The third-order valence-electron chi connectivity index (χ3n) is 7.92. The second kappa shape index (κ2) is 14.8. The van der Waals surface area contributed by atoms with E-state index in [2.05, 4.69) is 17.1 Å². The predicted octanol–water partition coefficient (Wildman–Crippen LogP) is 8.66. The zero-order valence-corrected chi connectivity index (χ0v) is 29.6. The highest BCUT2D eigenvalue weighted by molar-refractivity contribution is 8.00. The average Bonchev–Trinajstić information content (AvgIpc) is 3.76. The van der Waals surface area contributed by atoms with Crippen LogP contribution in [0.5, 0.6) is 17.2 Å². The Balaban J connectivity index is 1.41. The Hall–Kier alpha value is -3.77. The summed E-state index contributed by atoms with van der Waals surface area (Å²) in [5.41, 5.74) is 2.66. The fourth-order valence-corrected chi connectivity index (χ4v) is 8.04. The van der Waals surface area contributed by atoms with Crippen molar-refractivity contribution >= 4 is 68.9 Å². The van der Waals surface area contributed by atoms with Crippen molar-refractivity contribution in [1.82, 2.24) is 10.2 Å². The van der Waals surface area contributed by atoms with E-state index in [1.165, 1.54) is 28.0 Å². The van der Waals surface area contributed by atoms with E-state index in [0.29, 0.717) is 62.4 Å². The second-order valence-corrected chi connectivity index (χ2v) is 14.4. The summed E-state index contributed by atoms with van der Waals surface area (Å²) in [6, 6.07) is 14.8. The first-order valence-corrected chi connectivity index (χ1v) is 18.1. The number of thioether (sulfide) groups is 1. The lowest BCUT2D eigenvalue weighted by atomic mass is 9.94. The van der Waals surface area contributed by atoms with E-state index in [9.17, 15) is 14.7 Å². The minimum absolute atomic E-state index is 0.00166. The Morgan fingerprint density at radius 1 is 1.06 bits per heavy atom. The number of aromatic nitrogens is 2. The third-order valence-corrected chi connectivity index (χ3v) is 10.6. The average molecular weight is 727 g/mol. The topological polar surface area (TPSA) is 111 Å². The van der Waals surface area contributed by atoms with Crippen LogP contribution in [0.4, 0.5) is 5.13 Å². The second-order valence-electron chi connectivity index (χ2n) is 11.3. The van der Waals surface area contributed by atoms with Gasteiger partial charge in [0, 0.05) is 27.8 Å². The molecule has 0 spiro atoms. The molecule has 1 aromatic heterocycles. The summed E-state index contributed by atoms with van der Waals surface area (Å²) in [4.78, 5) is 29.0. The maximum Gasteiger partial charge on any atom is 0.301 e. The maximum absolute atomic E-state index is 13.8. The van der Waals surface area contributed by atoms with Gasteiger partial charge in [-0.3, -0.25) is 14.5 Å². The number of nitrogens with zero attached hydrogens (tertiary/aromatic N) is 3. The minimum atomic E-state index is -1.02. The number of aliphatic hydroxyl groups is 1. The highest BCUT2D eigenvalue weighted by Crippen LogP contribution is 2.46. The number of anilines is 1. The SMILES string of the molecule is CCCCOc1ccc([C@H]2/C(=C(\O)c3ccc4c(c3)C[C@@H](C)O4)C(=O)C(=O)N2c2nnc(SCc3ccc(Cl)cc3Cl)s2)cc1OCC. The number of hydrogen-bond acceptors (Lipinski definition) is 10. The lowest BCUT2D eigenvalue weighted by Gasteiger charge is -2.23. The molecule has 3 heterocycles. The number of halogens is 2. The van der Waals surface area contributed by atoms with Gasteiger partial charge in [-0.15, -0.1) is 10.2 Å². The Bertz CT molecular complexity index is 1900. The van der Waals surface area contributed by atoms with Crippen LogP contribution >= 0.6 is 46.3 Å².